The van der Waals surface area contributed by atoms with Gasteiger partial charge in [-0.15, -0.1) is 0 Å². The van der Waals surface area contributed by atoms with Gasteiger partial charge in [0, 0.05) is 18.2 Å². The fraction of sp³-hybridized carbons (Fsp3) is 0.200. The van der Waals surface area contributed by atoms with Crippen molar-refractivity contribution in [2.24, 2.45) is 9.39 Å². The molecule has 0 atom stereocenters. The molecule has 0 fully saturated rings. The standard InChI is InChI=1S/C5H8N2S/c1-3-6-5-7-8-4-2/h3-5H,2H2,1H3/b6-3+,7-5-. The van der Waals surface area contributed by atoms with Gasteiger partial charge in [0.1, 0.15) is 6.34 Å². The Morgan fingerprint density at radius 2 is 2.38 bits per heavy atom. The molecule has 0 bridgehead atoms. The third-order valence-electron chi connectivity index (χ3n) is 0.398. The highest BCUT2D eigenvalue weighted by molar-refractivity contribution is 8.00. The molecule has 3 heteroatoms. The van der Waals surface area contributed by atoms with Gasteiger partial charge in [0.25, 0.3) is 0 Å². The van der Waals surface area contributed by atoms with Gasteiger partial charge in [0.05, 0.1) is 0 Å². The molecule has 0 rings (SSSR count). The van der Waals surface area contributed by atoms with Gasteiger partial charge in [0.15, 0.2) is 0 Å². The predicted octanol–water partition coefficient (Wildman–Crippen LogP) is 1.90. The van der Waals surface area contributed by atoms with Crippen molar-refractivity contribution < 1.29 is 0 Å². The highest BCUT2D eigenvalue weighted by atomic mass is 32.2. The van der Waals surface area contributed by atoms with E-state index < -0.39 is 0 Å². The van der Waals surface area contributed by atoms with Gasteiger partial charge in [-0.3, -0.25) is 0 Å². The van der Waals surface area contributed by atoms with Crippen molar-refractivity contribution in [3.05, 3.63) is 12.0 Å². The molecule has 0 radical (unpaired) electrons. The van der Waals surface area contributed by atoms with E-state index in [-0.39, 0.29) is 0 Å². The van der Waals surface area contributed by atoms with E-state index >= 15 is 0 Å². The van der Waals surface area contributed by atoms with E-state index in [0.29, 0.717) is 0 Å². The first-order valence-corrected chi connectivity index (χ1v) is 3.02. The molecule has 44 valence electrons. The number of hydrogen-bond donors (Lipinski definition) is 0. The van der Waals surface area contributed by atoms with Gasteiger partial charge in [-0.25, -0.2) is 9.39 Å². The highest BCUT2D eigenvalue weighted by Crippen LogP contribution is 1.98. The van der Waals surface area contributed by atoms with E-state index in [4.69, 9.17) is 0 Å². The normalized spacial score (nSPS) is 11.1. The van der Waals surface area contributed by atoms with E-state index in [1.54, 1.807) is 11.6 Å². The Morgan fingerprint density at radius 3 is 2.88 bits per heavy atom. The van der Waals surface area contributed by atoms with Gasteiger partial charge < -0.3 is 0 Å². The summed E-state index contributed by atoms with van der Waals surface area (Å²) in [5.41, 5.74) is 0. The topological polar surface area (TPSA) is 24.7 Å². The summed E-state index contributed by atoms with van der Waals surface area (Å²) in [6.07, 6.45) is 3.15. The molecule has 0 aromatic heterocycles. The maximum Gasteiger partial charge on any atom is 0.123 e. The predicted molar refractivity (Wildman–Crippen MR) is 40.4 cm³/mol. The first-order chi connectivity index (χ1) is 3.91. The quantitative estimate of drug-likeness (QED) is 0.323. The second kappa shape index (κ2) is 6.43. The minimum Gasteiger partial charge on any atom is -0.249 e. The molecular formula is C5H8N2S. The first kappa shape index (κ1) is 7.43. The Balaban J connectivity index is 3.19. The highest BCUT2D eigenvalue weighted by Gasteiger charge is 1.62. The van der Waals surface area contributed by atoms with Crippen LogP contribution < -0.4 is 0 Å². The van der Waals surface area contributed by atoms with E-state index in [1.165, 1.54) is 18.3 Å². The summed E-state index contributed by atoms with van der Waals surface area (Å²) in [5, 5.41) is 1.64. The maximum atomic E-state index is 3.76. The number of nitrogens with zero attached hydrogens (tertiary/aromatic N) is 2. The van der Waals surface area contributed by atoms with Gasteiger partial charge in [-0.1, -0.05) is 6.58 Å². The zero-order valence-electron chi connectivity index (χ0n) is 4.74. The van der Waals surface area contributed by atoms with E-state index in [2.05, 4.69) is 16.0 Å². The van der Waals surface area contributed by atoms with Crippen molar-refractivity contribution in [1.82, 2.24) is 0 Å². The molecule has 0 aliphatic heterocycles. The van der Waals surface area contributed by atoms with Crippen LogP contribution in [0.25, 0.3) is 0 Å². The summed E-state index contributed by atoms with van der Waals surface area (Å²) in [6.45, 7) is 5.29. The summed E-state index contributed by atoms with van der Waals surface area (Å²) in [4.78, 5) is 3.72. The van der Waals surface area contributed by atoms with Crippen molar-refractivity contribution in [2.75, 3.05) is 0 Å². The summed E-state index contributed by atoms with van der Waals surface area (Å²) >= 11 is 1.27. The van der Waals surface area contributed by atoms with Crippen LogP contribution in [0.1, 0.15) is 6.92 Å². The Labute approximate surface area is 53.6 Å². The molecule has 0 unspecified atom stereocenters. The zero-order chi connectivity index (χ0) is 6.24. The van der Waals surface area contributed by atoms with Crippen LogP contribution in [0.2, 0.25) is 0 Å². The van der Waals surface area contributed by atoms with Crippen LogP contribution in [-0.4, -0.2) is 12.6 Å². The van der Waals surface area contributed by atoms with Crippen LogP contribution in [0.5, 0.6) is 0 Å². The van der Waals surface area contributed by atoms with Crippen LogP contribution in [0.4, 0.5) is 0 Å². The monoisotopic (exact) mass is 128 g/mol. The Hall–Kier alpha value is -0.570. The second-order valence-corrected chi connectivity index (χ2v) is 1.66. The average molecular weight is 128 g/mol. The molecule has 8 heavy (non-hydrogen) atoms. The lowest BCUT2D eigenvalue weighted by molar-refractivity contribution is 1.74. The largest absolute Gasteiger partial charge is 0.249 e. The molecule has 0 N–H and O–H groups in total. The van der Waals surface area contributed by atoms with Crippen molar-refractivity contribution in [3.63, 3.8) is 0 Å². The Kier molecular flexibility index (Phi) is 5.97. The third-order valence-corrected chi connectivity index (χ3v) is 0.763. The molecule has 0 spiro atoms. The molecular weight excluding hydrogens is 120 g/mol. The fourth-order valence-electron chi connectivity index (χ4n) is 0.164. The van der Waals surface area contributed by atoms with Crippen LogP contribution in [0.15, 0.2) is 21.4 Å². The smallest absolute Gasteiger partial charge is 0.123 e. The average Bonchev–Trinajstić information content (AvgIpc) is 1.81. The minimum absolute atomic E-state index is 1.27. The maximum absolute atomic E-state index is 3.76. The SMILES string of the molecule is C=CS/N=C\N=C\C. The van der Waals surface area contributed by atoms with Crippen molar-refractivity contribution >= 4 is 24.5 Å². The summed E-state index contributed by atoms with van der Waals surface area (Å²) in [6, 6.07) is 0. The van der Waals surface area contributed by atoms with Crippen molar-refractivity contribution in [3.8, 4) is 0 Å². The number of aliphatic imine (C=N–C) groups is 1. The molecule has 0 aromatic carbocycles. The third kappa shape index (κ3) is 5.43. The zero-order valence-corrected chi connectivity index (χ0v) is 5.56. The molecule has 0 aliphatic carbocycles. The summed E-state index contributed by atoms with van der Waals surface area (Å²) < 4.78 is 3.76. The van der Waals surface area contributed by atoms with Gasteiger partial charge in [-0.2, -0.15) is 0 Å². The fourth-order valence-corrected chi connectivity index (χ4v) is 0.359. The van der Waals surface area contributed by atoms with Gasteiger partial charge in [-0.05, 0) is 12.3 Å². The van der Waals surface area contributed by atoms with E-state index in [9.17, 15) is 0 Å². The number of hydrogen-bond acceptors (Lipinski definition) is 2. The van der Waals surface area contributed by atoms with Crippen molar-refractivity contribution in [1.29, 1.82) is 0 Å². The van der Waals surface area contributed by atoms with Crippen LogP contribution in [0.3, 0.4) is 0 Å². The van der Waals surface area contributed by atoms with Crippen LogP contribution in [0, 0.1) is 0 Å². The minimum atomic E-state index is 1.27. The lowest BCUT2D eigenvalue weighted by Crippen LogP contribution is -1.60. The second-order valence-electron chi connectivity index (χ2n) is 0.900. The molecule has 0 aliphatic rings. The van der Waals surface area contributed by atoms with Crippen molar-refractivity contribution in [2.45, 2.75) is 6.92 Å². The molecule has 0 amide bonds. The Bertz CT molecular complexity index is 107. The van der Waals surface area contributed by atoms with Gasteiger partial charge >= 0.3 is 0 Å². The molecule has 0 saturated heterocycles. The summed E-state index contributed by atoms with van der Waals surface area (Å²) in [5.74, 6) is 0. The molecule has 2 nitrogen and oxygen atoms in total. The van der Waals surface area contributed by atoms with E-state index in [1.807, 2.05) is 6.92 Å². The van der Waals surface area contributed by atoms with E-state index in [0.717, 1.165) is 0 Å². The number of rotatable bonds is 3. The lowest BCUT2D eigenvalue weighted by Gasteiger charge is -1.73. The molecule has 0 heterocycles. The van der Waals surface area contributed by atoms with Gasteiger partial charge in [0.2, 0.25) is 0 Å². The van der Waals surface area contributed by atoms with Crippen LogP contribution >= 0.6 is 11.9 Å². The molecule has 0 saturated carbocycles. The first-order valence-electron chi connectivity index (χ1n) is 2.18. The Morgan fingerprint density at radius 1 is 1.62 bits per heavy atom. The molecule has 0 aromatic rings. The lowest BCUT2D eigenvalue weighted by atomic mass is 10.9. The van der Waals surface area contributed by atoms with Crippen LogP contribution in [-0.2, 0) is 0 Å². The summed E-state index contributed by atoms with van der Waals surface area (Å²) in [7, 11) is 0.